The third-order valence-electron chi connectivity index (χ3n) is 5.43. The van der Waals surface area contributed by atoms with Gasteiger partial charge in [0, 0.05) is 51.1 Å². The van der Waals surface area contributed by atoms with Gasteiger partial charge in [0.2, 0.25) is 5.91 Å². The van der Waals surface area contributed by atoms with E-state index < -0.39 is 0 Å². The van der Waals surface area contributed by atoms with Crippen molar-refractivity contribution in [3.63, 3.8) is 0 Å². The molecule has 0 bridgehead atoms. The van der Waals surface area contributed by atoms with Crippen molar-refractivity contribution in [2.24, 2.45) is 13.0 Å². The number of imidazole rings is 1. The normalized spacial score (nSPS) is 26.6. The standard InChI is InChI=1S/C18H25N5O/c1-3-17-19-6-8-23(17)14-5-4-7-22(12-14)18(24)16-9-15(16)13-10-20-21(2)11-13/h6,8,10-11,14-16H,3-5,7,9,12H2,1-2H3/t14-,15-,16-/m1/s1. The highest BCUT2D eigenvalue weighted by Gasteiger charge is 2.47. The lowest BCUT2D eigenvalue weighted by atomic mass is 10.0. The molecule has 0 aromatic carbocycles. The van der Waals surface area contributed by atoms with Crippen LogP contribution in [0, 0.1) is 5.92 Å². The van der Waals surface area contributed by atoms with Crippen molar-refractivity contribution in [3.8, 4) is 0 Å². The number of carbonyl (C=O) groups is 1. The van der Waals surface area contributed by atoms with Crippen LogP contribution in [0.2, 0.25) is 0 Å². The summed E-state index contributed by atoms with van der Waals surface area (Å²) in [5.41, 5.74) is 1.20. The SMILES string of the molecule is CCc1nccn1[C@@H]1CCCN(C(=O)[C@@H]2C[C@@H]2c2cnn(C)c2)C1. The minimum absolute atomic E-state index is 0.154. The Morgan fingerprint density at radius 2 is 2.29 bits per heavy atom. The number of aromatic nitrogens is 4. The number of hydrogen-bond acceptors (Lipinski definition) is 3. The molecule has 1 aliphatic heterocycles. The molecule has 2 aliphatic rings. The van der Waals surface area contributed by atoms with Gasteiger partial charge in [-0.3, -0.25) is 9.48 Å². The maximum absolute atomic E-state index is 12.9. The van der Waals surface area contributed by atoms with E-state index in [1.54, 1.807) is 0 Å². The molecule has 0 spiro atoms. The molecule has 3 atom stereocenters. The first-order valence-electron chi connectivity index (χ1n) is 8.96. The minimum Gasteiger partial charge on any atom is -0.340 e. The van der Waals surface area contributed by atoms with E-state index in [1.807, 2.05) is 30.3 Å². The molecule has 2 aromatic rings. The van der Waals surface area contributed by atoms with E-state index in [9.17, 15) is 4.79 Å². The van der Waals surface area contributed by atoms with Crippen LogP contribution >= 0.6 is 0 Å². The van der Waals surface area contributed by atoms with E-state index in [2.05, 4.69) is 32.7 Å². The van der Waals surface area contributed by atoms with Crippen molar-refractivity contribution in [3.05, 3.63) is 36.2 Å². The number of likely N-dealkylation sites (tertiary alicyclic amines) is 1. The molecule has 6 nitrogen and oxygen atoms in total. The second-order valence-corrected chi connectivity index (χ2v) is 7.08. The van der Waals surface area contributed by atoms with E-state index in [0.717, 1.165) is 44.6 Å². The molecule has 3 heterocycles. The predicted octanol–water partition coefficient (Wildman–Crippen LogP) is 2.15. The van der Waals surface area contributed by atoms with Crippen molar-refractivity contribution in [2.45, 2.75) is 44.6 Å². The molecular weight excluding hydrogens is 302 g/mol. The molecule has 4 rings (SSSR count). The molecule has 1 aliphatic carbocycles. The van der Waals surface area contributed by atoms with Crippen molar-refractivity contribution < 1.29 is 4.79 Å². The first-order chi connectivity index (χ1) is 11.7. The van der Waals surface area contributed by atoms with Crippen LogP contribution in [0.25, 0.3) is 0 Å². The minimum atomic E-state index is 0.154. The lowest BCUT2D eigenvalue weighted by Crippen LogP contribution is -2.41. The van der Waals surface area contributed by atoms with Gasteiger partial charge in [-0.2, -0.15) is 5.10 Å². The number of rotatable bonds is 4. The second-order valence-electron chi connectivity index (χ2n) is 7.08. The highest BCUT2D eigenvalue weighted by Crippen LogP contribution is 2.48. The average molecular weight is 327 g/mol. The quantitative estimate of drug-likeness (QED) is 0.864. The molecule has 1 saturated carbocycles. The molecule has 24 heavy (non-hydrogen) atoms. The maximum Gasteiger partial charge on any atom is 0.226 e. The van der Waals surface area contributed by atoms with Crippen molar-refractivity contribution >= 4 is 5.91 Å². The smallest absolute Gasteiger partial charge is 0.226 e. The largest absolute Gasteiger partial charge is 0.340 e. The van der Waals surface area contributed by atoms with E-state index in [1.165, 1.54) is 5.56 Å². The van der Waals surface area contributed by atoms with Crippen LogP contribution in [-0.2, 0) is 18.3 Å². The van der Waals surface area contributed by atoms with Gasteiger partial charge >= 0.3 is 0 Å². The van der Waals surface area contributed by atoms with Gasteiger partial charge in [0.05, 0.1) is 12.2 Å². The first kappa shape index (κ1) is 15.4. The maximum atomic E-state index is 12.9. The van der Waals surface area contributed by atoms with Crippen LogP contribution in [0.15, 0.2) is 24.8 Å². The molecule has 6 heteroatoms. The van der Waals surface area contributed by atoms with Gasteiger partial charge in [0.1, 0.15) is 5.82 Å². The molecular formula is C18H25N5O. The second kappa shape index (κ2) is 6.07. The Balaban J connectivity index is 1.42. The summed E-state index contributed by atoms with van der Waals surface area (Å²) in [5.74, 6) is 1.97. The zero-order valence-electron chi connectivity index (χ0n) is 14.4. The fraction of sp³-hybridized carbons (Fsp3) is 0.611. The monoisotopic (exact) mass is 327 g/mol. The lowest BCUT2D eigenvalue weighted by Gasteiger charge is -2.34. The van der Waals surface area contributed by atoms with Crippen molar-refractivity contribution in [1.29, 1.82) is 0 Å². The lowest BCUT2D eigenvalue weighted by molar-refractivity contribution is -0.134. The van der Waals surface area contributed by atoms with Gasteiger partial charge in [-0.1, -0.05) is 6.92 Å². The topological polar surface area (TPSA) is 56.0 Å². The van der Waals surface area contributed by atoms with Gasteiger partial charge in [-0.05, 0) is 30.7 Å². The van der Waals surface area contributed by atoms with Crippen LogP contribution < -0.4 is 0 Å². The molecule has 128 valence electrons. The summed E-state index contributed by atoms with van der Waals surface area (Å²) >= 11 is 0. The molecule has 0 unspecified atom stereocenters. The van der Waals surface area contributed by atoms with Crippen molar-refractivity contribution in [2.75, 3.05) is 13.1 Å². The van der Waals surface area contributed by atoms with Crippen molar-refractivity contribution in [1.82, 2.24) is 24.2 Å². The van der Waals surface area contributed by atoms with Gasteiger partial charge < -0.3 is 9.47 Å². The number of aryl methyl sites for hydroxylation is 2. The van der Waals surface area contributed by atoms with Crippen LogP contribution in [-0.4, -0.2) is 43.2 Å². The number of amides is 1. The number of piperidine rings is 1. The van der Waals surface area contributed by atoms with Crippen LogP contribution in [0.3, 0.4) is 0 Å². The third-order valence-corrected chi connectivity index (χ3v) is 5.43. The van der Waals surface area contributed by atoms with E-state index in [0.29, 0.717) is 17.9 Å². The molecule has 0 N–H and O–H groups in total. The number of carbonyl (C=O) groups excluding carboxylic acids is 1. The summed E-state index contributed by atoms with van der Waals surface area (Å²) in [6, 6.07) is 0.371. The van der Waals surface area contributed by atoms with Crippen LogP contribution in [0.1, 0.15) is 49.5 Å². The Morgan fingerprint density at radius 1 is 1.42 bits per heavy atom. The molecule has 2 aromatic heterocycles. The third kappa shape index (κ3) is 2.74. The Morgan fingerprint density at radius 3 is 3.04 bits per heavy atom. The zero-order valence-corrected chi connectivity index (χ0v) is 14.4. The highest BCUT2D eigenvalue weighted by atomic mass is 16.2. The van der Waals surface area contributed by atoms with E-state index in [4.69, 9.17) is 0 Å². The summed E-state index contributed by atoms with van der Waals surface area (Å²) in [7, 11) is 1.92. The Hall–Kier alpha value is -2.11. The van der Waals surface area contributed by atoms with Crippen LogP contribution in [0.5, 0.6) is 0 Å². The Labute approximate surface area is 142 Å². The van der Waals surface area contributed by atoms with Gasteiger partial charge in [-0.15, -0.1) is 0 Å². The molecule has 1 amide bonds. The first-order valence-corrected chi connectivity index (χ1v) is 8.96. The molecule has 0 radical (unpaired) electrons. The van der Waals surface area contributed by atoms with Crippen LogP contribution in [0.4, 0.5) is 0 Å². The van der Waals surface area contributed by atoms with Gasteiger partial charge in [-0.25, -0.2) is 4.98 Å². The summed E-state index contributed by atoms with van der Waals surface area (Å²) in [5, 5.41) is 4.23. The summed E-state index contributed by atoms with van der Waals surface area (Å²) in [6.07, 6.45) is 12.0. The average Bonchev–Trinajstić information content (AvgIpc) is 3.04. The number of nitrogens with zero attached hydrogens (tertiary/aromatic N) is 5. The zero-order chi connectivity index (χ0) is 16.7. The molecule has 1 saturated heterocycles. The fourth-order valence-electron chi connectivity index (χ4n) is 4.03. The Kier molecular flexibility index (Phi) is 3.90. The summed E-state index contributed by atoms with van der Waals surface area (Å²) in [4.78, 5) is 19.4. The van der Waals surface area contributed by atoms with E-state index in [-0.39, 0.29) is 5.92 Å². The predicted molar refractivity (Wildman–Crippen MR) is 90.5 cm³/mol. The Bertz CT molecular complexity index is 733. The summed E-state index contributed by atoms with van der Waals surface area (Å²) < 4.78 is 4.09. The summed E-state index contributed by atoms with van der Waals surface area (Å²) in [6.45, 7) is 3.84. The van der Waals surface area contributed by atoms with Gasteiger partial charge in [0.15, 0.2) is 0 Å². The fourth-order valence-corrected chi connectivity index (χ4v) is 4.03. The molecule has 2 fully saturated rings. The highest BCUT2D eigenvalue weighted by molar-refractivity contribution is 5.83. The van der Waals surface area contributed by atoms with Gasteiger partial charge in [0.25, 0.3) is 0 Å². The van der Waals surface area contributed by atoms with E-state index >= 15 is 0 Å². The number of hydrogen-bond donors (Lipinski definition) is 0.